The molecular formula is C28H48O2. The zero-order valence-corrected chi connectivity index (χ0v) is 20.6. The van der Waals surface area contributed by atoms with Crippen molar-refractivity contribution < 1.29 is 10.2 Å². The Bertz CT molecular complexity index is 668. The minimum Gasteiger partial charge on any atom is -0.393 e. The van der Waals surface area contributed by atoms with Gasteiger partial charge >= 0.3 is 0 Å². The van der Waals surface area contributed by atoms with Crippen LogP contribution in [0.1, 0.15) is 106 Å². The van der Waals surface area contributed by atoms with E-state index in [0.717, 1.165) is 49.4 Å². The fraction of sp³-hybridized carbons (Fsp3) is 0.929. The van der Waals surface area contributed by atoms with Gasteiger partial charge in [-0.25, -0.2) is 0 Å². The van der Waals surface area contributed by atoms with Gasteiger partial charge in [-0.2, -0.15) is 0 Å². The highest BCUT2D eigenvalue weighted by Crippen LogP contribution is 2.68. The Morgan fingerprint density at radius 2 is 1.70 bits per heavy atom. The molecule has 2 heteroatoms. The molecule has 0 heterocycles. The second kappa shape index (κ2) is 7.91. The van der Waals surface area contributed by atoms with Crippen LogP contribution in [0.4, 0.5) is 0 Å². The lowest BCUT2D eigenvalue weighted by Crippen LogP contribution is -2.61. The largest absolute Gasteiger partial charge is 0.393 e. The Hall–Kier alpha value is -0.340. The van der Waals surface area contributed by atoms with Gasteiger partial charge in [-0.15, -0.1) is 0 Å². The van der Waals surface area contributed by atoms with Gasteiger partial charge in [0.25, 0.3) is 0 Å². The van der Waals surface area contributed by atoms with Gasteiger partial charge < -0.3 is 10.2 Å². The smallest absolute Gasteiger partial charge is 0.0751 e. The van der Waals surface area contributed by atoms with E-state index in [1.165, 1.54) is 44.1 Å². The minimum absolute atomic E-state index is 0.101. The van der Waals surface area contributed by atoms with E-state index in [-0.39, 0.29) is 11.5 Å². The molecule has 9 atom stereocenters. The Morgan fingerprint density at radius 3 is 2.40 bits per heavy atom. The maximum Gasteiger partial charge on any atom is 0.0751 e. The van der Waals surface area contributed by atoms with Crippen molar-refractivity contribution in [3.63, 3.8) is 0 Å². The summed E-state index contributed by atoms with van der Waals surface area (Å²) in [4.78, 5) is 0. The molecule has 2 N–H and O–H groups in total. The van der Waals surface area contributed by atoms with Crippen molar-refractivity contribution in [3.05, 3.63) is 11.6 Å². The van der Waals surface area contributed by atoms with E-state index in [4.69, 9.17) is 0 Å². The molecule has 3 fully saturated rings. The predicted octanol–water partition coefficient (Wildman–Crippen LogP) is 6.75. The third kappa shape index (κ3) is 3.43. The minimum atomic E-state index is -0.534. The number of aliphatic hydroxyl groups is 2. The Morgan fingerprint density at radius 1 is 0.967 bits per heavy atom. The maximum atomic E-state index is 12.3. The predicted molar refractivity (Wildman–Crippen MR) is 125 cm³/mol. The number of fused-ring (bicyclic) bond motifs is 5. The first-order chi connectivity index (χ1) is 14.0. The van der Waals surface area contributed by atoms with E-state index in [0.29, 0.717) is 17.3 Å². The first-order valence-corrected chi connectivity index (χ1v) is 13.1. The van der Waals surface area contributed by atoms with Crippen LogP contribution < -0.4 is 0 Å². The average Bonchev–Trinajstić information content (AvgIpc) is 3.05. The summed E-state index contributed by atoms with van der Waals surface area (Å²) < 4.78 is 0. The second-order valence-corrected chi connectivity index (χ2v) is 12.8. The van der Waals surface area contributed by atoms with Crippen molar-refractivity contribution in [2.45, 2.75) is 117 Å². The van der Waals surface area contributed by atoms with E-state index >= 15 is 0 Å². The van der Waals surface area contributed by atoms with Gasteiger partial charge in [-0.3, -0.25) is 0 Å². The molecule has 0 aliphatic heterocycles. The molecule has 0 aromatic carbocycles. The van der Waals surface area contributed by atoms with Crippen LogP contribution in [0, 0.1) is 46.3 Å². The molecule has 0 amide bonds. The monoisotopic (exact) mass is 416 g/mol. The van der Waals surface area contributed by atoms with Crippen molar-refractivity contribution in [2.75, 3.05) is 0 Å². The molecule has 0 bridgehead atoms. The molecule has 0 radical (unpaired) electrons. The lowest BCUT2D eigenvalue weighted by atomic mass is 9.45. The van der Waals surface area contributed by atoms with E-state index in [2.05, 4.69) is 47.6 Å². The average molecular weight is 417 g/mol. The fourth-order valence-corrected chi connectivity index (χ4v) is 8.76. The Balaban J connectivity index is 1.54. The summed E-state index contributed by atoms with van der Waals surface area (Å²) in [6.07, 6.45) is 13.4. The van der Waals surface area contributed by atoms with Crippen LogP contribution in [0.15, 0.2) is 11.6 Å². The zero-order chi connectivity index (χ0) is 21.9. The topological polar surface area (TPSA) is 40.5 Å². The van der Waals surface area contributed by atoms with Gasteiger partial charge in [0.15, 0.2) is 0 Å². The molecule has 2 nitrogen and oxygen atoms in total. The fourth-order valence-electron chi connectivity index (χ4n) is 8.76. The van der Waals surface area contributed by atoms with Crippen LogP contribution in [0.25, 0.3) is 0 Å². The molecule has 1 unspecified atom stereocenters. The molecule has 172 valence electrons. The SMILES string of the molecule is CC(C)C(C)CC[C@@H](C)[C@H]1CC[C@@H]2[C@]1(C)CC[C@H]1[C@@]2(O)CC=C2C[C@@H](O)CC[C@@]21C. The molecule has 0 saturated heterocycles. The van der Waals surface area contributed by atoms with Crippen LogP contribution in [-0.4, -0.2) is 21.9 Å². The summed E-state index contributed by atoms with van der Waals surface area (Å²) in [5.74, 6) is 3.93. The first kappa shape index (κ1) is 22.8. The Kier molecular flexibility index (Phi) is 6.02. The van der Waals surface area contributed by atoms with Gasteiger partial charge in [-0.05, 0) is 97.7 Å². The molecule has 3 saturated carbocycles. The number of hydrogen-bond donors (Lipinski definition) is 2. The van der Waals surface area contributed by atoms with Gasteiger partial charge in [0, 0.05) is 0 Å². The lowest BCUT2D eigenvalue weighted by Gasteiger charge is -2.62. The second-order valence-electron chi connectivity index (χ2n) is 12.8. The first-order valence-electron chi connectivity index (χ1n) is 13.1. The van der Waals surface area contributed by atoms with E-state index in [1.807, 2.05) is 0 Å². The van der Waals surface area contributed by atoms with E-state index < -0.39 is 5.60 Å². The standard InChI is InChI=1S/C28H48O2/c1-18(2)19(3)7-8-20(4)23-9-10-24-27(23,6)15-13-25-26(5)14-12-22(29)17-21(26)11-16-28(24,25)30/h11,18-20,22-25,29-30H,7-10,12-17H2,1-6H3/t19?,20-,22+,23-,24-,25-,26+,27-,28-/m1/s1. The van der Waals surface area contributed by atoms with Crippen molar-refractivity contribution in [1.82, 2.24) is 0 Å². The summed E-state index contributed by atoms with van der Waals surface area (Å²) in [6, 6.07) is 0. The van der Waals surface area contributed by atoms with Crippen LogP contribution in [0.3, 0.4) is 0 Å². The summed E-state index contributed by atoms with van der Waals surface area (Å²) in [7, 11) is 0. The molecule has 4 rings (SSSR count). The summed E-state index contributed by atoms with van der Waals surface area (Å²) in [5, 5.41) is 22.5. The van der Waals surface area contributed by atoms with Crippen LogP contribution in [0.2, 0.25) is 0 Å². The summed E-state index contributed by atoms with van der Waals surface area (Å²) in [5.41, 5.74) is 1.31. The van der Waals surface area contributed by atoms with E-state index in [1.54, 1.807) is 0 Å². The van der Waals surface area contributed by atoms with Crippen molar-refractivity contribution >= 4 is 0 Å². The van der Waals surface area contributed by atoms with Crippen LogP contribution >= 0.6 is 0 Å². The third-order valence-electron chi connectivity index (χ3n) is 11.1. The molecule has 4 aliphatic rings. The van der Waals surface area contributed by atoms with Crippen molar-refractivity contribution in [3.8, 4) is 0 Å². The van der Waals surface area contributed by atoms with Crippen LogP contribution in [-0.2, 0) is 0 Å². The number of hydrogen-bond acceptors (Lipinski definition) is 2. The van der Waals surface area contributed by atoms with Crippen molar-refractivity contribution in [2.24, 2.45) is 46.3 Å². The normalized spacial score (nSPS) is 47.8. The molecule has 0 aromatic rings. The highest BCUT2D eigenvalue weighted by Gasteiger charge is 2.65. The highest BCUT2D eigenvalue weighted by molar-refractivity contribution is 5.29. The molecular weight excluding hydrogens is 368 g/mol. The maximum absolute atomic E-state index is 12.3. The van der Waals surface area contributed by atoms with Gasteiger partial charge in [-0.1, -0.05) is 66.0 Å². The quantitative estimate of drug-likeness (QED) is 0.487. The Labute approximate surface area is 185 Å². The van der Waals surface area contributed by atoms with Gasteiger partial charge in [0.1, 0.15) is 0 Å². The van der Waals surface area contributed by atoms with Crippen molar-refractivity contribution in [1.29, 1.82) is 0 Å². The molecule has 0 aromatic heterocycles. The summed E-state index contributed by atoms with van der Waals surface area (Å²) >= 11 is 0. The molecule has 4 aliphatic carbocycles. The van der Waals surface area contributed by atoms with E-state index in [9.17, 15) is 10.2 Å². The number of aliphatic hydroxyl groups excluding tert-OH is 1. The summed E-state index contributed by atoms with van der Waals surface area (Å²) in [6.45, 7) is 14.6. The van der Waals surface area contributed by atoms with Gasteiger partial charge in [0.2, 0.25) is 0 Å². The highest BCUT2D eigenvalue weighted by atomic mass is 16.3. The van der Waals surface area contributed by atoms with Gasteiger partial charge in [0.05, 0.1) is 11.7 Å². The van der Waals surface area contributed by atoms with Crippen LogP contribution in [0.5, 0.6) is 0 Å². The lowest BCUT2D eigenvalue weighted by molar-refractivity contribution is -0.182. The molecule has 0 spiro atoms. The zero-order valence-electron chi connectivity index (χ0n) is 20.6. The number of rotatable bonds is 5. The molecule has 30 heavy (non-hydrogen) atoms. The third-order valence-corrected chi connectivity index (χ3v) is 11.1.